The van der Waals surface area contributed by atoms with Crippen LogP contribution in [0.3, 0.4) is 0 Å². The molecule has 15 heavy (non-hydrogen) atoms. The van der Waals surface area contributed by atoms with Crippen molar-refractivity contribution in [3.05, 3.63) is 34.1 Å². The van der Waals surface area contributed by atoms with E-state index in [0.29, 0.717) is 5.56 Å². The van der Waals surface area contributed by atoms with Crippen LogP contribution in [0.1, 0.15) is 37.8 Å². The molecule has 3 N–H and O–H groups in total. The smallest absolute Gasteiger partial charge is 0.129 e. The normalized spacial score (nSPS) is 12.8. The molecule has 0 radical (unpaired) electrons. The first-order chi connectivity index (χ1) is 7.19. The van der Waals surface area contributed by atoms with E-state index in [9.17, 15) is 4.39 Å². The Bertz CT molecular complexity index is 317. The summed E-state index contributed by atoms with van der Waals surface area (Å²) in [5.74, 6) is 5.21. The molecule has 1 rings (SSSR count). The van der Waals surface area contributed by atoms with Gasteiger partial charge >= 0.3 is 0 Å². The van der Waals surface area contributed by atoms with Crippen molar-refractivity contribution in [3.8, 4) is 0 Å². The van der Waals surface area contributed by atoms with Gasteiger partial charge in [-0.2, -0.15) is 0 Å². The van der Waals surface area contributed by atoms with Gasteiger partial charge in [0.25, 0.3) is 0 Å². The number of hydrogen-bond donors (Lipinski definition) is 2. The fraction of sp³-hybridized carbons (Fsp3) is 0.455. The van der Waals surface area contributed by atoms with Gasteiger partial charge in [-0.15, -0.1) is 0 Å². The molecule has 4 heteroatoms. The molecule has 0 amide bonds. The monoisotopic (exact) mass is 274 g/mol. The summed E-state index contributed by atoms with van der Waals surface area (Å²) in [6, 6.07) is 4.96. The summed E-state index contributed by atoms with van der Waals surface area (Å²) in [5, 5.41) is 0. The first-order valence-corrected chi connectivity index (χ1v) is 5.89. The van der Waals surface area contributed by atoms with Gasteiger partial charge in [-0.1, -0.05) is 41.8 Å². The second kappa shape index (κ2) is 6.20. The molecular weight excluding hydrogens is 259 g/mol. The summed E-state index contributed by atoms with van der Waals surface area (Å²) in [6.07, 6.45) is 2.96. The summed E-state index contributed by atoms with van der Waals surface area (Å²) >= 11 is 3.23. The van der Waals surface area contributed by atoms with E-state index in [2.05, 4.69) is 28.3 Å². The Morgan fingerprint density at radius 3 is 2.80 bits per heavy atom. The van der Waals surface area contributed by atoms with Crippen LogP contribution in [0.15, 0.2) is 22.7 Å². The third-order valence-corrected chi connectivity index (χ3v) is 2.88. The topological polar surface area (TPSA) is 38.0 Å². The van der Waals surface area contributed by atoms with Crippen molar-refractivity contribution in [2.75, 3.05) is 0 Å². The standard InChI is InChI=1S/C11H16BrFN2/c1-2-3-4-11(15-14)9-6-5-8(12)7-10(9)13/h5-7,11,15H,2-4,14H2,1H3. The molecule has 1 aromatic rings. The lowest BCUT2D eigenvalue weighted by Crippen LogP contribution is -2.28. The predicted molar refractivity (Wildman–Crippen MR) is 63.7 cm³/mol. The lowest BCUT2D eigenvalue weighted by molar-refractivity contribution is 0.470. The SMILES string of the molecule is CCCCC(NN)c1ccc(Br)cc1F. The molecule has 0 saturated heterocycles. The Labute approximate surface area is 98.1 Å². The second-order valence-electron chi connectivity index (χ2n) is 3.53. The van der Waals surface area contributed by atoms with Gasteiger partial charge in [-0.3, -0.25) is 11.3 Å². The molecule has 0 spiro atoms. The highest BCUT2D eigenvalue weighted by atomic mass is 79.9. The summed E-state index contributed by atoms with van der Waals surface area (Å²) in [4.78, 5) is 0. The first-order valence-electron chi connectivity index (χ1n) is 5.10. The van der Waals surface area contributed by atoms with Crippen LogP contribution in [0.2, 0.25) is 0 Å². The number of hydrogen-bond acceptors (Lipinski definition) is 2. The van der Waals surface area contributed by atoms with Crippen LogP contribution in [0.4, 0.5) is 4.39 Å². The quantitative estimate of drug-likeness (QED) is 0.639. The number of halogens is 2. The van der Waals surface area contributed by atoms with Crippen molar-refractivity contribution in [3.63, 3.8) is 0 Å². The van der Waals surface area contributed by atoms with E-state index in [0.717, 1.165) is 23.7 Å². The minimum absolute atomic E-state index is 0.0990. The van der Waals surface area contributed by atoms with E-state index in [-0.39, 0.29) is 11.9 Å². The highest BCUT2D eigenvalue weighted by molar-refractivity contribution is 9.10. The van der Waals surface area contributed by atoms with Crippen molar-refractivity contribution < 1.29 is 4.39 Å². The van der Waals surface area contributed by atoms with Crippen molar-refractivity contribution in [1.82, 2.24) is 5.43 Å². The molecule has 1 aromatic carbocycles. The molecule has 0 fully saturated rings. The molecule has 1 unspecified atom stereocenters. The third kappa shape index (κ3) is 3.55. The minimum atomic E-state index is -0.219. The summed E-state index contributed by atoms with van der Waals surface area (Å²) < 4.78 is 14.3. The van der Waals surface area contributed by atoms with Crippen LogP contribution in [0.25, 0.3) is 0 Å². The number of benzene rings is 1. The van der Waals surface area contributed by atoms with Crippen LogP contribution in [0, 0.1) is 5.82 Å². The second-order valence-corrected chi connectivity index (χ2v) is 4.44. The summed E-state index contributed by atoms with van der Waals surface area (Å²) in [7, 11) is 0. The zero-order valence-electron chi connectivity index (χ0n) is 8.76. The van der Waals surface area contributed by atoms with E-state index in [1.165, 1.54) is 6.07 Å². The lowest BCUT2D eigenvalue weighted by atomic mass is 10.0. The minimum Gasteiger partial charge on any atom is -0.271 e. The molecule has 0 aromatic heterocycles. The van der Waals surface area contributed by atoms with E-state index >= 15 is 0 Å². The molecular formula is C11H16BrFN2. The highest BCUT2D eigenvalue weighted by Gasteiger charge is 2.13. The Hall–Kier alpha value is -0.450. The average molecular weight is 275 g/mol. The maximum absolute atomic E-state index is 13.6. The van der Waals surface area contributed by atoms with Gasteiger partial charge in [-0.05, 0) is 18.6 Å². The molecule has 84 valence electrons. The number of nitrogens with one attached hydrogen (secondary N) is 1. The van der Waals surface area contributed by atoms with Crippen LogP contribution in [0.5, 0.6) is 0 Å². The third-order valence-electron chi connectivity index (χ3n) is 2.39. The van der Waals surface area contributed by atoms with Gasteiger partial charge in [-0.25, -0.2) is 4.39 Å². The maximum Gasteiger partial charge on any atom is 0.129 e. The van der Waals surface area contributed by atoms with Crippen molar-refractivity contribution >= 4 is 15.9 Å². The maximum atomic E-state index is 13.6. The molecule has 0 heterocycles. The van der Waals surface area contributed by atoms with Crippen LogP contribution in [-0.4, -0.2) is 0 Å². The van der Waals surface area contributed by atoms with E-state index in [1.807, 2.05) is 6.07 Å². The number of nitrogens with two attached hydrogens (primary N) is 1. The zero-order valence-corrected chi connectivity index (χ0v) is 10.3. The zero-order chi connectivity index (χ0) is 11.3. The van der Waals surface area contributed by atoms with Gasteiger partial charge in [0.2, 0.25) is 0 Å². The highest BCUT2D eigenvalue weighted by Crippen LogP contribution is 2.24. The van der Waals surface area contributed by atoms with E-state index in [1.54, 1.807) is 6.07 Å². The first kappa shape index (κ1) is 12.6. The Kier molecular flexibility index (Phi) is 5.22. The molecule has 0 bridgehead atoms. The summed E-state index contributed by atoms with van der Waals surface area (Å²) in [6.45, 7) is 2.10. The van der Waals surface area contributed by atoms with Gasteiger partial charge < -0.3 is 0 Å². The Morgan fingerprint density at radius 2 is 2.27 bits per heavy atom. The van der Waals surface area contributed by atoms with E-state index < -0.39 is 0 Å². The number of unbranched alkanes of at least 4 members (excludes halogenated alkanes) is 1. The van der Waals surface area contributed by atoms with Gasteiger partial charge in [0.05, 0.1) is 0 Å². The lowest BCUT2D eigenvalue weighted by Gasteiger charge is -2.16. The molecule has 0 aliphatic rings. The van der Waals surface area contributed by atoms with Crippen molar-refractivity contribution in [2.24, 2.45) is 5.84 Å². The molecule has 2 nitrogen and oxygen atoms in total. The Balaban J connectivity index is 2.81. The fourth-order valence-corrected chi connectivity index (χ4v) is 1.85. The van der Waals surface area contributed by atoms with Crippen LogP contribution < -0.4 is 11.3 Å². The molecule has 0 aliphatic heterocycles. The average Bonchev–Trinajstić information content (AvgIpc) is 2.21. The van der Waals surface area contributed by atoms with Crippen molar-refractivity contribution in [2.45, 2.75) is 32.2 Å². The van der Waals surface area contributed by atoms with Gasteiger partial charge in [0.15, 0.2) is 0 Å². The molecule has 1 atom stereocenters. The van der Waals surface area contributed by atoms with Gasteiger partial charge in [0, 0.05) is 16.1 Å². The summed E-state index contributed by atoms with van der Waals surface area (Å²) in [5.41, 5.74) is 3.29. The van der Waals surface area contributed by atoms with Crippen LogP contribution in [-0.2, 0) is 0 Å². The number of hydrazine groups is 1. The fourth-order valence-electron chi connectivity index (χ4n) is 1.52. The van der Waals surface area contributed by atoms with Crippen LogP contribution >= 0.6 is 15.9 Å². The largest absolute Gasteiger partial charge is 0.271 e. The van der Waals surface area contributed by atoms with Gasteiger partial charge in [0.1, 0.15) is 5.82 Å². The van der Waals surface area contributed by atoms with E-state index in [4.69, 9.17) is 5.84 Å². The van der Waals surface area contributed by atoms with Crippen molar-refractivity contribution in [1.29, 1.82) is 0 Å². The molecule has 0 aliphatic carbocycles. The molecule has 0 saturated carbocycles. The Morgan fingerprint density at radius 1 is 1.53 bits per heavy atom. The number of rotatable bonds is 5. The predicted octanol–water partition coefficient (Wildman–Crippen LogP) is 3.28.